The minimum Gasteiger partial charge on any atom is -0.492 e. The number of rotatable bonds is 12. The summed E-state index contributed by atoms with van der Waals surface area (Å²) in [4.78, 5) is 22.9. The van der Waals surface area contributed by atoms with Crippen LogP contribution < -0.4 is 20.1 Å². The van der Waals surface area contributed by atoms with E-state index in [4.69, 9.17) is 9.47 Å². The number of imide groups is 1. The molecule has 1 saturated heterocycles. The van der Waals surface area contributed by atoms with E-state index in [1.165, 1.54) is 0 Å². The van der Waals surface area contributed by atoms with Gasteiger partial charge in [-0.05, 0) is 47.4 Å². The summed E-state index contributed by atoms with van der Waals surface area (Å²) in [5.41, 5.74) is 3.23. The van der Waals surface area contributed by atoms with Gasteiger partial charge in [0.1, 0.15) is 30.8 Å². The predicted octanol–water partition coefficient (Wildman–Crippen LogP) is 3.66. The number of aliphatic hydroxyl groups is 1. The highest BCUT2D eigenvalue weighted by Crippen LogP contribution is 2.24. The van der Waals surface area contributed by atoms with Crippen LogP contribution in [0.4, 0.5) is 4.79 Å². The molecule has 8 heteroatoms. The predicted molar refractivity (Wildman–Crippen MR) is 137 cm³/mol. The van der Waals surface area contributed by atoms with E-state index in [9.17, 15) is 14.7 Å². The second-order valence-electron chi connectivity index (χ2n) is 8.14. The van der Waals surface area contributed by atoms with Gasteiger partial charge in [-0.3, -0.25) is 14.9 Å². The van der Waals surface area contributed by atoms with Crippen LogP contribution in [-0.2, 0) is 11.2 Å². The van der Waals surface area contributed by atoms with Gasteiger partial charge in [0, 0.05) is 13.1 Å². The standard InChI is InChI=1S/C27H28N2O5S/c30-22(18-34-24-12-8-21(9-13-24)20-4-2-1-3-5-20)17-28-14-15-33-23-10-6-19(7-11-23)16-25-26(31)29-27(32)35-25/h1-13,22,25,28,30H,14-18H2,(H,29,31,32). The highest BCUT2D eigenvalue weighted by molar-refractivity contribution is 8.15. The van der Waals surface area contributed by atoms with Gasteiger partial charge in [0.05, 0.1) is 5.25 Å². The molecule has 182 valence electrons. The molecule has 0 aromatic heterocycles. The van der Waals surface area contributed by atoms with Crippen molar-refractivity contribution < 1.29 is 24.2 Å². The van der Waals surface area contributed by atoms with Crippen molar-refractivity contribution in [2.45, 2.75) is 17.8 Å². The molecule has 2 atom stereocenters. The van der Waals surface area contributed by atoms with Crippen molar-refractivity contribution in [3.8, 4) is 22.6 Å². The molecule has 4 rings (SSSR count). The zero-order valence-electron chi connectivity index (χ0n) is 19.2. The zero-order valence-corrected chi connectivity index (χ0v) is 20.0. The Labute approximate surface area is 208 Å². The molecular formula is C27H28N2O5S. The van der Waals surface area contributed by atoms with Gasteiger partial charge in [-0.15, -0.1) is 0 Å². The van der Waals surface area contributed by atoms with E-state index >= 15 is 0 Å². The lowest BCUT2D eigenvalue weighted by atomic mass is 10.1. The molecule has 0 radical (unpaired) electrons. The molecule has 35 heavy (non-hydrogen) atoms. The third-order valence-electron chi connectivity index (χ3n) is 5.44. The van der Waals surface area contributed by atoms with E-state index in [1.54, 1.807) is 0 Å². The van der Waals surface area contributed by atoms with Gasteiger partial charge < -0.3 is 19.9 Å². The fourth-order valence-corrected chi connectivity index (χ4v) is 4.46. The van der Waals surface area contributed by atoms with E-state index in [2.05, 4.69) is 22.8 Å². The van der Waals surface area contributed by atoms with Crippen LogP contribution in [0.15, 0.2) is 78.9 Å². The fourth-order valence-electron chi connectivity index (χ4n) is 3.60. The molecule has 3 aromatic carbocycles. The van der Waals surface area contributed by atoms with Crippen molar-refractivity contribution >= 4 is 22.9 Å². The highest BCUT2D eigenvalue weighted by atomic mass is 32.2. The number of carbonyl (C=O) groups is 2. The lowest BCUT2D eigenvalue weighted by Gasteiger charge is -2.14. The molecule has 1 heterocycles. The van der Waals surface area contributed by atoms with Crippen LogP contribution >= 0.6 is 11.8 Å². The maximum Gasteiger partial charge on any atom is 0.286 e. The molecular weight excluding hydrogens is 464 g/mol. The molecule has 2 amide bonds. The second-order valence-corrected chi connectivity index (χ2v) is 9.31. The van der Waals surface area contributed by atoms with E-state index in [-0.39, 0.29) is 23.0 Å². The van der Waals surface area contributed by atoms with Crippen LogP contribution in [-0.4, -0.2) is 53.9 Å². The first-order valence-corrected chi connectivity index (χ1v) is 12.3. The van der Waals surface area contributed by atoms with Gasteiger partial charge in [0.2, 0.25) is 5.91 Å². The summed E-state index contributed by atoms with van der Waals surface area (Å²) in [5.74, 6) is 1.20. The maximum absolute atomic E-state index is 11.7. The van der Waals surface area contributed by atoms with Crippen LogP contribution in [0.3, 0.4) is 0 Å². The SMILES string of the molecule is O=C1NC(=O)C(Cc2ccc(OCCNCC(O)COc3ccc(-c4ccccc4)cc3)cc2)S1. The number of nitrogens with one attached hydrogen (secondary N) is 2. The number of benzene rings is 3. The monoisotopic (exact) mass is 492 g/mol. The van der Waals surface area contributed by atoms with Crippen LogP contribution in [0, 0.1) is 0 Å². The minimum absolute atomic E-state index is 0.197. The third-order valence-corrected chi connectivity index (χ3v) is 6.42. The first kappa shape index (κ1) is 24.8. The Hall–Kier alpha value is -3.33. The number of thioether (sulfide) groups is 1. The van der Waals surface area contributed by atoms with Crippen LogP contribution in [0.2, 0.25) is 0 Å². The number of carbonyl (C=O) groups excluding carboxylic acids is 2. The Morgan fingerprint density at radius 3 is 2.23 bits per heavy atom. The van der Waals surface area contributed by atoms with E-state index in [0.717, 1.165) is 34.2 Å². The Kier molecular flexibility index (Phi) is 8.78. The average molecular weight is 493 g/mol. The third kappa shape index (κ3) is 7.58. The summed E-state index contributed by atoms with van der Waals surface area (Å²) in [5, 5.41) is 15.0. The number of amides is 2. The first-order valence-electron chi connectivity index (χ1n) is 11.5. The largest absolute Gasteiger partial charge is 0.492 e. The van der Waals surface area contributed by atoms with Crippen molar-refractivity contribution in [3.05, 3.63) is 84.4 Å². The average Bonchev–Trinajstić information content (AvgIpc) is 3.20. The second kappa shape index (κ2) is 12.4. The van der Waals surface area contributed by atoms with Crippen LogP contribution in [0.25, 0.3) is 11.1 Å². The summed E-state index contributed by atoms with van der Waals surface area (Å²) in [6.07, 6.45) is -0.137. The molecule has 3 N–H and O–H groups in total. The maximum atomic E-state index is 11.7. The van der Waals surface area contributed by atoms with Crippen LogP contribution in [0.5, 0.6) is 11.5 Å². The summed E-state index contributed by atoms with van der Waals surface area (Å²) < 4.78 is 11.4. The summed E-state index contributed by atoms with van der Waals surface area (Å²) >= 11 is 1.03. The van der Waals surface area contributed by atoms with Crippen molar-refractivity contribution in [2.24, 2.45) is 0 Å². The van der Waals surface area contributed by atoms with Gasteiger partial charge in [0.25, 0.3) is 5.24 Å². The van der Waals surface area contributed by atoms with Gasteiger partial charge in [-0.1, -0.05) is 66.4 Å². The van der Waals surface area contributed by atoms with Crippen molar-refractivity contribution in [2.75, 3.05) is 26.3 Å². The summed E-state index contributed by atoms with van der Waals surface area (Å²) in [6.45, 7) is 1.61. The van der Waals surface area contributed by atoms with Gasteiger partial charge >= 0.3 is 0 Å². The van der Waals surface area contributed by atoms with E-state index in [1.807, 2.05) is 66.7 Å². The van der Waals surface area contributed by atoms with Gasteiger partial charge in [-0.25, -0.2) is 0 Å². The Morgan fingerprint density at radius 1 is 0.886 bits per heavy atom. The minimum atomic E-state index is -0.638. The first-order chi connectivity index (χ1) is 17.1. The topological polar surface area (TPSA) is 96.9 Å². The molecule has 0 aliphatic carbocycles. The normalized spacial score (nSPS) is 16.1. The van der Waals surface area contributed by atoms with Crippen molar-refractivity contribution in [1.29, 1.82) is 0 Å². The summed E-state index contributed by atoms with van der Waals surface area (Å²) in [6, 6.07) is 25.4. The van der Waals surface area contributed by atoms with E-state index < -0.39 is 6.10 Å². The Balaban J connectivity index is 1.09. The number of ether oxygens (including phenoxy) is 2. The lowest BCUT2D eigenvalue weighted by Crippen LogP contribution is -2.33. The Bertz CT molecular complexity index is 1110. The molecule has 3 aromatic rings. The molecule has 7 nitrogen and oxygen atoms in total. The Morgan fingerprint density at radius 2 is 1.54 bits per heavy atom. The van der Waals surface area contributed by atoms with Crippen molar-refractivity contribution in [1.82, 2.24) is 10.6 Å². The highest BCUT2D eigenvalue weighted by Gasteiger charge is 2.31. The van der Waals surface area contributed by atoms with Gasteiger partial charge in [0.15, 0.2) is 0 Å². The van der Waals surface area contributed by atoms with Crippen LogP contribution in [0.1, 0.15) is 5.56 Å². The smallest absolute Gasteiger partial charge is 0.286 e. The lowest BCUT2D eigenvalue weighted by molar-refractivity contribution is -0.118. The number of aliphatic hydroxyl groups excluding tert-OH is 1. The molecule has 1 aliphatic heterocycles. The number of hydrogen-bond donors (Lipinski definition) is 3. The molecule has 0 bridgehead atoms. The molecule has 1 aliphatic rings. The summed E-state index contributed by atoms with van der Waals surface area (Å²) in [7, 11) is 0. The quantitative estimate of drug-likeness (QED) is 0.332. The molecule has 2 unspecified atom stereocenters. The number of hydrogen-bond acceptors (Lipinski definition) is 7. The molecule has 0 saturated carbocycles. The van der Waals surface area contributed by atoms with Crippen molar-refractivity contribution in [3.63, 3.8) is 0 Å². The molecule has 0 spiro atoms. The zero-order chi connectivity index (χ0) is 24.5. The van der Waals surface area contributed by atoms with Gasteiger partial charge in [-0.2, -0.15) is 0 Å². The van der Waals surface area contributed by atoms with E-state index in [0.29, 0.717) is 31.9 Å². The molecule has 1 fully saturated rings. The fraction of sp³-hybridized carbons (Fsp3) is 0.259.